The molecule has 2 aromatic rings. The minimum atomic E-state index is -0.606. The Morgan fingerprint density at radius 2 is 2.00 bits per heavy atom. The van der Waals surface area contributed by atoms with E-state index in [2.05, 4.69) is 34.8 Å². The number of nitro benzene ring substituents is 1. The molecule has 8 nitrogen and oxygen atoms in total. The number of aliphatic imine (C=N–C) groups is 1. The number of hydrogen-bond acceptors (Lipinski definition) is 7. The second-order valence-electron chi connectivity index (χ2n) is 7.56. The fraction of sp³-hybridized carbons (Fsp3) is 0.304. The van der Waals surface area contributed by atoms with Gasteiger partial charge in [-0.15, -0.1) is 0 Å². The van der Waals surface area contributed by atoms with Crippen molar-refractivity contribution in [2.24, 2.45) is 10.9 Å². The first-order valence-corrected chi connectivity index (χ1v) is 10.9. The van der Waals surface area contributed by atoms with E-state index in [1.165, 1.54) is 12.1 Å². The molecule has 0 bridgehead atoms. The van der Waals surface area contributed by atoms with Gasteiger partial charge in [-0.05, 0) is 71.6 Å². The minimum Gasteiger partial charge on any atom is -0.490 e. The van der Waals surface area contributed by atoms with E-state index in [0.717, 1.165) is 0 Å². The molecule has 0 aromatic heterocycles. The smallest absolute Gasteiger partial charge is 0.363 e. The van der Waals surface area contributed by atoms with Crippen LogP contribution in [0.2, 0.25) is 0 Å². The first-order chi connectivity index (χ1) is 15.2. The average Bonchev–Trinajstić information content (AvgIpc) is 3.07. The number of esters is 1. The lowest BCUT2D eigenvalue weighted by Crippen LogP contribution is -2.07. The molecular weight excluding hydrogens is 480 g/mol. The molecule has 0 atom stereocenters. The monoisotopic (exact) mass is 502 g/mol. The van der Waals surface area contributed by atoms with E-state index >= 15 is 0 Å². The van der Waals surface area contributed by atoms with Crippen LogP contribution in [-0.2, 0) is 9.53 Å². The molecule has 0 fully saturated rings. The Labute approximate surface area is 194 Å². The lowest BCUT2D eigenvalue weighted by atomic mass is 10.1. The van der Waals surface area contributed by atoms with Gasteiger partial charge in [0.1, 0.15) is 0 Å². The SMILES string of the molecule is CCOc1cc(/C=C2\N=C(c3ccc([N+](=O)[O-])c(C)c3)OC2=O)cc(Br)c1OCC(C)C. The number of benzene rings is 2. The van der Waals surface area contributed by atoms with Gasteiger partial charge >= 0.3 is 5.97 Å². The molecule has 0 unspecified atom stereocenters. The highest BCUT2D eigenvalue weighted by molar-refractivity contribution is 9.10. The number of rotatable bonds is 8. The summed E-state index contributed by atoms with van der Waals surface area (Å²) in [5.74, 6) is 0.992. The zero-order valence-electron chi connectivity index (χ0n) is 18.2. The summed E-state index contributed by atoms with van der Waals surface area (Å²) in [5.41, 5.74) is 1.71. The van der Waals surface area contributed by atoms with Crippen molar-refractivity contribution in [1.29, 1.82) is 0 Å². The average molecular weight is 503 g/mol. The molecule has 1 aliphatic heterocycles. The first-order valence-electron chi connectivity index (χ1n) is 10.1. The maximum absolute atomic E-state index is 12.4. The summed E-state index contributed by atoms with van der Waals surface area (Å²) in [5, 5.41) is 11.0. The van der Waals surface area contributed by atoms with Gasteiger partial charge in [-0.25, -0.2) is 9.79 Å². The summed E-state index contributed by atoms with van der Waals surface area (Å²) >= 11 is 3.52. The van der Waals surface area contributed by atoms with Gasteiger partial charge in [0.2, 0.25) is 5.90 Å². The number of ether oxygens (including phenoxy) is 3. The van der Waals surface area contributed by atoms with E-state index in [-0.39, 0.29) is 17.3 Å². The summed E-state index contributed by atoms with van der Waals surface area (Å²) in [6, 6.07) is 8.02. The van der Waals surface area contributed by atoms with Crippen molar-refractivity contribution in [3.8, 4) is 11.5 Å². The second kappa shape index (κ2) is 9.95. The van der Waals surface area contributed by atoms with Crippen molar-refractivity contribution in [2.75, 3.05) is 13.2 Å². The molecule has 3 rings (SSSR count). The van der Waals surface area contributed by atoms with Gasteiger partial charge in [-0.1, -0.05) is 13.8 Å². The number of aryl methyl sites for hydroxylation is 1. The van der Waals surface area contributed by atoms with Crippen LogP contribution < -0.4 is 9.47 Å². The number of carbonyl (C=O) groups excluding carboxylic acids is 1. The van der Waals surface area contributed by atoms with E-state index in [1.54, 1.807) is 25.1 Å². The third-order valence-electron chi connectivity index (χ3n) is 4.46. The Morgan fingerprint density at radius 3 is 2.62 bits per heavy atom. The van der Waals surface area contributed by atoms with Crippen molar-refractivity contribution in [2.45, 2.75) is 27.7 Å². The Bertz CT molecular complexity index is 1120. The van der Waals surface area contributed by atoms with Gasteiger partial charge in [0, 0.05) is 17.2 Å². The van der Waals surface area contributed by atoms with Gasteiger partial charge < -0.3 is 14.2 Å². The maximum Gasteiger partial charge on any atom is 0.363 e. The van der Waals surface area contributed by atoms with Crippen molar-refractivity contribution in [3.63, 3.8) is 0 Å². The topological polar surface area (TPSA) is 100 Å². The van der Waals surface area contributed by atoms with E-state index in [4.69, 9.17) is 14.2 Å². The molecule has 0 amide bonds. The van der Waals surface area contributed by atoms with Crippen LogP contribution >= 0.6 is 15.9 Å². The Balaban J connectivity index is 1.93. The largest absolute Gasteiger partial charge is 0.490 e. The van der Waals surface area contributed by atoms with Crippen LogP contribution in [0.15, 0.2) is 45.5 Å². The van der Waals surface area contributed by atoms with E-state index in [9.17, 15) is 14.9 Å². The molecule has 0 radical (unpaired) electrons. The second-order valence-corrected chi connectivity index (χ2v) is 8.42. The summed E-state index contributed by atoms with van der Waals surface area (Å²) in [6.07, 6.45) is 1.59. The molecule has 0 N–H and O–H groups in total. The zero-order chi connectivity index (χ0) is 23.4. The number of halogens is 1. The molecule has 9 heteroatoms. The third kappa shape index (κ3) is 5.34. The molecule has 32 heavy (non-hydrogen) atoms. The highest BCUT2D eigenvalue weighted by Gasteiger charge is 2.25. The van der Waals surface area contributed by atoms with Crippen LogP contribution in [0.4, 0.5) is 5.69 Å². The molecular formula is C23H23BrN2O6. The summed E-state index contributed by atoms with van der Waals surface area (Å²) in [6.45, 7) is 8.59. The number of nitro groups is 1. The summed E-state index contributed by atoms with van der Waals surface area (Å²) in [7, 11) is 0. The van der Waals surface area contributed by atoms with E-state index < -0.39 is 10.9 Å². The van der Waals surface area contributed by atoms with Gasteiger partial charge in [-0.2, -0.15) is 0 Å². The Kier molecular flexibility index (Phi) is 7.29. The van der Waals surface area contributed by atoms with Crippen LogP contribution in [0.3, 0.4) is 0 Å². The predicted octanol–water partition coefficient (Wildman–Crippen LogP) is 5.44. The van der Waals surface area contributed by atoms with Gasteiger partial charge in [0.25, 0.3) is 5.69 Å². The minimum absolute atomic E-state index is 0.0116. The molecule has 0 saturated carbocycles. The van der Waals surface area contributed by atoms with Crippen molar-refractivity contribution < 1.29 is 23.9 Å². The van der Waals surface area contributed by atoms with Gasteiger partial charge in [-0.3, -0.25) is 10.1 Å². The van der Waals surface area contributed by atoms with Crippen LogP contribution in [-0.4, -0.2) is 30.0 Å². The molecule has 2 aromatic carbocycles. The number of carbonyl (C=O) groups is 1. The van der Waals surface area contributed by atoms with Crippen LogP contribution in [0.25, 0.3) is 6.08 Å². The zero-order valence-corrected chi connectivity index (χ0v) is 19.8. The standard InChI is InChI=1S/C23H23BrN2O6/c1-5-30-20-11-15(9-17(24)21(20)31-12-13(2)3)10-18-23(27)32-22(25-18)16-6-7-19(26(28)29)14(4)8-16/h6-11,13H,5,12H2,1-4H3/b18-10-. The van der Waals surface area contributed by atoms with Crippen molar-refractivity contribution in [1.82, 2.24) is 0 Å². The quantitative estimate of drug-likeness (QED) is 0.206. The lowest BCUT2D eigenvalue weighted by molar-refractivity contribution is -0.385. The molecule has 0 aliphatic carbocycles. The fourth-order valence-electron chi connectivity index (χ4n) is 3.01. The van der Waals surface area contributed by atoms with Crippen LogP contribution in [0, 0.1) is 23.0 Å². The van der Waals surface area contributed by atoms with Crippen molar-refractivity contribution >= 4 is 39.6 Å². The van der Waals surface area contributed by atoms with Crippen LogP contribution in [0.1, 0.15) is 37.5 Å². The molecule has 168 valence electrons. The maximum atomic E-state index is 12.4. The molecule has 1 aliphatic rings. The molecule has 0 spiro atoms. The lowest BCUT2D eigenvalue weighted by Gasteiger charge is -2.16. The predicted molar refractivity (Wildman–Crippen MR) is 124 cm³/mol. The highest BCUT2D eigenvalue weighted by Crippen LogP contribution is 2.38. The summed E-state index contributed by atoms with van der Waals surface area (Å²) in [4.78, 5) is 27.2. The van der Waals surface area contributed by atoms with E-state index in [0.29, 0.717) is 51.8 Å². The van der Waals surface area contributed by atoms with Crippen LogP contribution in [0.5, 0.6) is 11.5 Å². The highest BCUT2D eigenvalue weighted by atomic mass is 79.9. The molecule has 0 saturated heterocycles. The van der Waals surface area contributed by atoms with Gasteiger partial charge in [0.15, 0.2) is 17.2 Å². The Hall–Kier alpha value is -3.20. The third-order valence-corrected chi connectivity index (χ3v) is 5.05. The summed E-state index contributed by atoms with van der Waals surface area (Å²) < 4.78 is 17.6. The number of cyclic esters (lactones) is 1. The van der Waals surface area contributed by atoms with E-state index in [1.807, 2.05) is 13.0 Å². The number of nitrogens with zero attached hydrogens (tertiary/aromatic N) is 2. The van der Waals surface area contributed by atoms with Gasteiger partial charge in [0.05, 0.1) is 22.6 Å². The normalized spacial score (nSPS) is 14.5. The fourth-order valence-corrected chi connectivity index (χ4v) is 3.58. The molecule has 1 heterocycles. The first kappa shape index (κ1) is 23.5. The number of hydrogen-bond donors (Lipinski definition) is 0. The Morgan fingerprint density at radius 1 is 1.25 bits per heavy atom. The van der Waals surface area contributed by atoms with Crippen molar-refractivity contribution in [3.05, 3.63) is 67.3 Å².